The van der Waals surface area contributed by atoms with Gasteiger partial charge in [-0.1, -0.05) is 115 Å². The molecular weight excluding hydrogens is 1670 g/mol. The van der Waals surface area contributed by atoms with E-state index in [4.69, 9.17) is 40.9 Å². The van der Waals surface area contributed by atoms with Crippen molar-refractivity contribution < 1.29 is 62.1 Å². The molecule has 104 heavy (non-hydrogen) atoms. The predicted molar refractivity (Wildman–Crippen MR) is 429 cm³/mol. The molecule has 0 spiro atoms. The summed E-state index contributed by atoms with van der Waals surface area (Å²) in [5, 5.41) is 32.1. The van der Waals surface area contributed by atoms with Crippen LogP contribution in [0.25, 0.3) is 32.9 Å². The monoisotopic (exact) mass is 1750 g/mol. The van der Waals surface area contributed by atoms with Crippen LogP contribution in [0.5, 0.6) is 23.0 Å². The fourth-order valence-corrected chi connectivity index (χ4v) is 15.1. The first-order valence-corrected chi connectivity index (χ1v) is 37.6. The van der Waals surface area contributed by atoms with Crippen molar-refractivity contribution in [3.05, 3.63) is 277 Å². The lowest BCUT2D eigenvalue weighted by atomic mass is 9.97. The molecule has 0 aliphatic carbocycles. The highest BCUT2D eigenvalue weighted by Gasteiger charge is 2.28. The Labute approximate surface area is 645 Å². The first-order chi connectivity index (χ1) is 50.0. The quantitative estimate of drug-likeness (QED) is 0.00992. The van der Waals surface area contributed by atoms with E-state index < -0.39 is 0 Å². The number of nitrogen functional groups attached to an aromatic ring is 2. The number of nitrogens with two attached hydrogens (primary N) is 4. The van der Waals surface area contributed by atoms with Gasteiger partial charge < -0.3 is 61.0 Å². The summed E-state index contributed by atoms with van der Waals surface area (Å²) >= 11 is 10.6. The van der Waals surface area contributed by atoms with Crippen LogP contribution < -0.4 is 27.7 Å². The van der Waals surface area contributed by atoms with Crippen molar-refractivity contribution in [1.29, 1.82) is 0 Å². The number of fused-ring (bicyclic) bond motifs is 3. The molecule has 0 bridgehead atoms. The van der Waals surface area contributed by atoms with Gasteiger partial charge in [0.2, 0.25) is 11.8 Å². The number of rotatable bonds is 29. The second-order valence-electron chi connectivity index (χ2n) is 25.2. The summed E-state index contributed by atoms with van der Waals surface area (Å²) in [5.41, 5.74) is 32.6. The van der Waals surface area contributed by atoms with Gasteiger partial charge in [0.05, 0.1) is 50.8 Å². The lowest BCUT2D eigenvalue weighted by Crippen LogP contribution is -2.11. The Hall–Kier alpha value is -9.56. The van der Waals surface area contributed by atoms with Gasteiger partial charge in [0, 0.05) is 83.9 Å². The summed E-state index contributed by atoms with van der Waals surface area (Å²) in [6, 6.07) is 57.4. The number of hydrogen-bond acceptors (Lipinski definition) is 15. The Morgan fingerprint density at radius 3 is 1.20 bits per heavy atom. The molecular formula is C83H76Br2I2N4O13. The summed E-state index contributed by atoms with van der Waals surface area (Å²) in [5.74, 6) is 0.549. The van der Waals surface area contributed by atoms with E-state index in [0.717, 1.165) is 66.8 Å². The smallest absolute Gasteiger partial charge is 0.217 e. The number of aryl methyl sites for hydroxylation is 7. The average Bonchev–Trinajstić information content (AvgIpc) is 1.62. The number of amides is 2. The van der Waals surface area contributed by atoms with Gasteiger partial charge in [0.25, 0.3) is 0 Å². The third-order valence-corrected chi connectivity index (χ3v) is 20.3. The van der Waals surface area contributed by atoms with Crippen molar-refractivity contribution in [3.63, 3.8) is 0 Å². The lowest BCUT2D eigenvalue weighted by Gasteiger charge is -2.08. The van der Waals surface area contributed by atoms with E-state index in [1.54, 1.807) is 42.5 Å². The van der Waals surface area contributed by atoms with E-state index in [1.165, 1.54) is 35.7 Å². The molecule has 0 saturated heterocycles. The minimum absolute atomic E-state index is 0.00976. The van der Waals surface area contributed by atoms with E-state index in [0.29, 0.717) is 121 Å². The maximum atomic E-state index is 13.6. The average molecular weight is 1750 g/mol. The molecule has 0 aliphatic rings. The summed E-state index contributed by atoms with van der Waals surface area (Å²) in [6.07, 6.45) is 9.36. The third kappa shape index (κ3) is 20.0. The first-order valence-electron chi connectivity index (χ1n) is 33.8. The van der Waals surface area contributed by atoms with E-state index in [2.05, 4.69) is 74.3 Å². The standard InChI is InChI=1S/C28H25Br2NO4.C28H25I2NO4.C27H26N2O5/c2*29-21-15-19(16-22(30)28(21)34)27(33)26-20-13-12-18(9-4-8-17-6-2-1-3-7-17)14-24(20)35-23(26)10-5-11-25(31)32;1-16(30)7-10-23-25(26(31)18-13-21(28)27(32)22(29)14-18)20-9-8-19(15-24(20)34-23)33-12-11-17-5-3-2-4-6-17/h2*1-3,6-7,12-16,34H,4-5,8-11H2,(H2,31,32);2-6,8-9,13-15,32H,7,10-12,28-29H2,1H3. The van der Waals surface area contributed by atoms with Crippen molar-refractivity contribution in [1.82, 2.24) is 0 Å². The van der Waals surface area contributed by atoms with Gasteiger partial charge in [-0.25, -0.2) is 0 Å². The van der Waals surface area contributed by atoms with Crippen molar-refractivity contribution in [2.75, 3.05) is 18.1 Å². The van der Waals surface area contributed by atoms with E-state index in [-0.39, 0.29) is 94.8 Å². The molecule has 12 aromatic rings. The normalized spacial score (nSPS) is 11.1. The number of furan rings is 3. The zero-order valence-corrected chi connectivity index (χ0v) is 64.4. The number of anilines is 2. The molecule has 0 saturated carbocycles. The molecule has 0 fully saturated rings. The molecule has 3 heterocycles. The highest BCUT2D eigenvalue weighted by molar-refractivity contribution is 14.1. The fraction of sp³-hybridized carbons (Fsp3) is 0.205. The minimum atomic E-state index is -0.388. The number of carbonyl (C=O) groups is 6. The number of Topliss-reactive ketones (excluding diaryl/α,β-unsaturated/α-hetero) is 1. The second-order valence-corrected chi connectivity index (χ2v) is 29.2. The van der Waals surface area contributed by atoms with Crippen molar-refractivity contribution >= 4 is 156 Å². The van der Waals surface area contributed by atoms with Crippen LogP contribution in [0.4, 0.5) is 11.4 Å². The van der Waals surface area contributed by atoms with Crippen molar-refractivity contribution in [2.45, 2.75) is 103 Å². The molecule has 2 amide bonds. The first kappa shape index (κ1) is 77.1. The summed E-state index contributed by atoms with van der Waals surface area (Å²) < 4.78 is 26.3. The van der Waals surface area contributed by atoms with Crippen LogP contribution in [0.15, 0.2) is 204 Å². The predicted octanol–water partition coefficient (Wildman–Crippen LogP) is 18.1. The summed E-state index contributed by atoms with van der Waals surface area (Å²) in [4.78, 5) is 74.8. The molecule has 17 nitrogen and oxygen atoms in total. The van der Waals surface area contributed by atoms with Gasteiger partial charge in [-0.15, -0.1) is 0 Å². The van der Waals surface area contributed by atoms with Crippen LogP contribution >= 0.6 is 77.0 Å². The molecule has 0 atom stereocenters. The third-order valence-electron chi connectivity index (χ3n) is 17.5. The number of carbonyl (C=O) groups excluding carboxylic acids is 6. The zero-order chi connectivity index (χ0) is 74.1. The number of phenols is 3. The zero-order valence-electron chi connectivity index (χ0n) is 56.9. The second kappa shape index (κ2) is 36.2. The SMILES string of the molecule is CC(=O)CCc1oc2cc(OCCc3ccccc3)ccc2c1C(=O)c1cc(N)c(O)c(N)c1.NC(=O)CCCc1oc2cc(CCCc3ccccc3)ccc2c1C(=O)c1cc(Br)c(O)c(Br)c1.NC(=O)CCCc1oc2cc(CCCc3ccccc3)ccc2c1C(=O)c1cc(I)c(O)c(I)c1. The molecule has 0 aliphatic heterocycles. The number of ketones is 4. The molecule has 21 heteroatoms. The number of phenolic OH excluding ortho intramolecular Hbond substituents is 3. The number of ether oxygens (including phenoxy) is 1. The maximum Gasteiger partial charge on any atom is 0.217 e. The van der Waals surface area contributed by atoms with E-state index in [9.17, 15) is 44.1 Å². The van der Waals surface area contributed by atoms with Crippen LogP contribution in [-0.4, -0.2) is 56.9 Å². The molecule has 0 radical (unpaired) electrons. The van der Waals surface area contributed by atoms with Crippen LogP contribution in [-0.2, 0) is 65.8 Å². The van der Waals surface area contributed by atoms with E-state index in [1.807, 2.05) is 130 Å². The van der Waals surface area contributed by atoms with Gasteiger partial charge in [0.1, 0.15) is 57.1 Å². The Balaban J connectivity index is 0.000000167. The maximum absolute atomic E-state index is 13.6. The van der Waals surface area contributed by atoms with Crippen molar-refractivity contribution in [3.8, 4) is 23.0 Å². The Morgan fingerprint density at radius 1 is 0.404 bits per heavy atom. The molecule has 534 valence electrons. The van der Waals surface area contributed by atoms with Crippen LogP contribution in [0.1, 0.15) is 145 Å². The molecule has 11 N–H and O–H groups in total. The molecule has 12 rings (SSSR count). The van der Waals surface area contributed by atoms with Crippen LogP contribution in [0.3, 0.4) is 0 Å². The van der Waals surface area contributed by atoms with Crippen LogP contribution in [0.2, 0.25) is 0 Å². The Morgan fingerprint density at radius 2 is 0.779 bits per heavy atom. The van der Waals surface area contributed by atoms with Crippen LogP contribution in [0, 0.1) is 7.14 Å². The highest BCUT2D eigenvalue weighted by Crippen LogP contribution is 2.39. The Bertz CT molecular complexity index is 4850. The summed E-state index contributed by atoms with van der Waals surface area (Å²) in [7, 11) is 0. The van der Waals surface area contributed by atoms with Gasteiger partial charge in [-0.2, -0.15) is 0 Å². The molecule has 3 aromatic heterocycles. The molecule has 9 aromatic carbocycles. The Kier molecular flexibility index (Phi) is 26.9. The van der Waals surface area contributed by atoms with Crippen molar-refractivity contribution in [2.24, 2.45) is 11.5 Å². The molecule has 0 unspecified atom stereocenters. The van der Waals surface area contributed by atoms with E-state index >= 15 is 0 Å². The largest absolute Gasteiger partial charge is 0.506 e. The topological polar surface area (TPSA) is 316 Å². The van der Waals surface area contributed by atoms with Gasteiger partial charge >= 0.3 is 0 Å². The summed E-state index contributed by atoms with van der Waals surface area (Å²) in [6.45, 7) is 1.98. The minimum Gasteiger partial charge on any atom is -0.506 e. The van der Waals surface area contributed by atoms with Gasteiger partial charge in [0.15, 0.2) is 23.1 Å². The van der Waals surface area contributed by atoms with Gasteiger partial charge in [-0.3, -0.25) is 24.0 Å². The van der Waals surface area contributed by atoms with Gasteiger partial charge in [-0.05, 0) is 224 Å². The fourth-order valence-electron chi connectivity index (χ4n) is 12.2. The number of hydrogen-bond donors (Lipinski definition) is 7. The lowest BCUT2D eigenvalue weighted by molar-refractivity contribution is -0.118. The highest BCUT2D eigenvalue weighted by atomic mass is 127. The number of aromatic hydroxyl groups is 3. The number of primary amides is 2. The number of benzene rings is 9. The number of halogens is 4.